The second kappa shape index (κ2) is 4.86. The highest BCUT2D eigenvalue weighted by Crippen LogP contribution is 2.34. The summed E-state index contributed by atoms with van der Waals surface area (Å²) in [7, 11) is 0. The first-order chi connectivity index (χ1) is 8.78. The van der Waals surface area contributed by atoms with Crippen LogP contribution in [0.4, 0.5) is 0 Å². The summed E-state index contributed by atoms with van der Waals surface area (Å²) in [5.41, 5.74) is 1.45. The number of fused-ring (bicyclic) bond motifs is 1. The van der Waals surface area contributed by atoms with Crippen LogP contribution in [0.5, 0.6) is 0 Å². The van der Waals surface area contributed by atoms with Crippen LogP contribution < -0.4 is 0 Å². The molecule has 1 aliphatic rings. The summed E-state index contributed by atoms with van der Waals surface area (Å²) in [6.45, 7) is 3.00. The van der Waals surface area contributed by atoms with Crippen molar-refractivity contribution in [3.8, 4) is 0 Å². The predicted octanol–water partition coefficient (Wildman–Crippen LogP) is 2.73. The Balaban J connectivity index is 1.76. The first-order valence-electron chi connectivity index (χ1n) is 6.57. The average molecular weight is 262 g/mol. The molecule has 0 amide bonds. The van der Waals surface area contributed by atoms with E-state index in [1.54, 1.807) is 17.5 Å². The maximum absolute atomic E-state index is 10.3. The molecule has 2 aromatic heterocycles. The largest absolute Gasteiger partial charge is 0.387 e. The molecule has 0 saturated carbocycles. The van der Waals surface area contributed by atoms with E-state index >= 15 is 0 Å². The number of thiophene rings is 1. The molecule has 0 aliphatic heterocycles. The number of aromatic nitrogens is 2. The summed E-state index contributed by atoms with van der Waals surface area (Å²) in [4.78, 5) is 6.90. The fourth-order valence-electron chi connectivity index (χ4n) is 2.61. The molecule has 1 unspecified atom stereocenters. The van der Waals surface area contributed by atoms with Crippen molar-refractivity contribution < 1.29 is 5.11 Å². The fourth-order valence-corrected chi connectivity index (χ4v) is 3.85. The number of imidazole rings is 1. The molecule has 3 nitrogen and oxygen atoms in total. The summed E-state index contributed by atoms with van der Waals surface area (Å²) in [5.74, 6) is 0.971. The van der Waals surface area contributed by atoms with Crippen molar-refractivity contribution in [2.45, 2.75) is 45.3 Å². The topological polar surface area (TPSA) is 38.0 Å². The molecule has 0 spiro atoms. The number of hydrogen-bond donors (Lipinski definition) is 1. The van der Waals surface area contributed by atoms with Gasteiger partial charge < -0.3 is 9.67 Å². The molecule has 2 aromatic rings. The number of aliphatic hydroxyl groups excluding tert-OH is 1. The van der Waals surface area contributed by atoms with Crippen LogP contribution in [0.3, 0.4) is 0 Å². The maximum Gasteiger partial charge on any atom is 0.111 e. The lowest BCUT2D eigenvalue weighted by atomic mass is 10.1. The van der Waals surface area contributed by atoms with Gasteiger partial charge in [-0.05, 0) is 37.8 Å². The van der Waals surface area contributed by atoms with E-state index in [2.05, 4.69) is 22.5 Å². The van der Waals surface area contributed by atoms with Gasteiger partial charge in [0, 0.05) is 35.1 Å². The second-order valence-corrected chi connectivity index (χ2v) is 5.97. The maximum atomic E-state index is 10.3. The Bertz CT molecular complexity index is 522. The van der Waals surface area contributed by atoms with Crippen molar-refractivity contribution in [3.63, 3.8) is 0 Å². The van der Waals surface area contributed by atoms with E-state index in [0.717, 1.165) is 17.2 Å². The molecule has 0 radical (unpaired) electrons. The second-order valence-electron chi connectivity index (χ2n) is 4.80. The summed E-state index contributed by atoms with van der Waals surface area (Å²) in [6.07, 6.45) is 7.63. The lowest BCUT2D eigenvalue weighted by molar-refractivity contribution is 0.178. The van der Waals surface area contributed by atoms with E-state index in [-0.39, 0.29) is 0 Å². The highest BCUT2D eigenvalue weighted by Gasteiger charge is 2.20. The van der Waals surface area contributed by atoms with Gasteiger partial charge in [-0.1, -0.05) is 0 Å². The molecule has 0 aromatic carbocycles. The highest BCUT2D eigenvalue weighted by molar-refractivity contribution is 7.12. The van der Waals surface area contributed by atoms with Crippen LogP contribution >= 0.6 is 11.3 Å². The van der Waals surface area contributed by atoms with Gasteiger partial charge in [-0.15, -0.1) is 11.3 Å². The van der Waals surface area contributed by atoms with E-state index in [0.29, 0.717) is 6.42 Å². The summed E-state index contributed by atoms with van der Waals surface area (Å²) >= 11 is 1.78. The van der Waals surface area contributed by atoms with Crippen LogP contribution in [-0.2, 0) is 25.8 Å². The van der Waals surface area contributed by atoms with E-state index in [9.17, 15) is 5.11 Å². The van der Waals surface area contributed by atoms with Gasteiger partial charge in [0.25, 0.3) is 0 Å². The SMILES string of the molecule is CCn1ccnc1CC(O)c1cc2c(s1)CCC2. The Morgan fingerprint density at radius 1 is 1.50 bits per heavy atom. The molecule has 0 fully saturated rings. The Hall–Kier alpha value is -1.13. The van der Waals surface area contributed by atoms with E-state index < -0.39 is 6.10 Å². The van der Waals surface area contributed by atoms with Gasteiger partial charge in [0.15, 0.2) is 0 Å². The zero-order valence-electron chi connectivity index (χ0n) is 10.6. The Morgan fingerprint density at radius 2 is 2.39 bits per heavy atom. The van der Waals surface area contributed by atoms with Gasteiger partial charge in [0.05, 0.1) is 6.10 Å². The van der Waals surface area contributed by atoms with Gasteiger partial charge in [-0.25, -0.2) is 4.98 Å². The van der Waals surface area contributed by atoms with Gasteiger partial charge in [0.2, 0.25) is 0 Å². The Morgan fingerprint density at radius 3 is 3.17 bits per heavy atom. The van der Waals surface area contributed by atoms with E-state index in [1.807, 2.05) is 6.20 Å². The molecule has 2 heterocycles. The molecular formula is C14H18N2OS. The van der Waals surface area contributed by atoms with Gasteiger partial charge in [-0.3, -0.25) is 0 Å². The average Bonchev–Trinajstić information content (AvgIpc) is 3.02. The molecule has 1 aliphatic carbocycles. The third kappa shape index (κ3) is 2.10. The lowest BCUT2D eigenvalue weighted by Gasteiger charge is -2.09. The zero-order valence-corrected chi connectivity index (χ0v) is 11.4. The number of nitrogens with zero attached hydrogens (tertiary/aromatic N) is 2. The molecule has 1 N–H and O–H groups in total. The number of hydrogen-bond acceptors (Lipinski definition) is 3. The third-order valence-corrected chi connectivity index (χ3v) is 4.95. The number of rotatable bonds is 4. The zero-order chi connectivity index (χ0) is 12.5. The summed E-state index contributed by atoms with van der Waals surface area (Å²) < 4.78 is 2.09. The molecular weight excluding hydrogens is 244 g/mol. The number of aliphatic hydroxyl groups is 1. The molecule has 0 bridgehead atoms. The minimum atomic E-state index is -0.409. The minimum Gasteiger partial charge on any atom is -0.387 e. The predicted molar refractivity (Wildman–Crippen MR) is 72.9 cm³/mol. The number of aryl methyl sites for hydroxylation is 3. The molecule has 96 valence electrons. The Kier molecular flexibility index (Phi) is 3.22. The van der Waals surface area contributed by atoms with Crippen LogP contribution in [0, 0.1) is 0 Å². The van der Waals surface area contributed by atoms with Crippen LogP contribution in [0.1, 0.15) is 40.6 Å². The molecule has 4 heteroatoms. The van der Waals surface area contributed by atoms with Crippen molar-refractivity contribution in [3.05, 3.63) is 39.6 Å². The summed E-state index contributed by atoms with van der Waals surface area (Å²) in [6, 6.07) is 2.19. The normalized spacial score (nSPS) is 15.9. The van der Waals surface area contributed by atoms with Crippen molar-refractivity contribution >= 4 is 11.3 Å². The molecule has 1 atom stereocenters. The van der Waals surface area contributed by atoms with Crippen molar-refractivity contribution in [2.75, 3.05) is 0 Å². The van der Waals surface area contributed by atoms with Gasteiger partial charge in [-0.2, -0.15) is 0 Å². The van der Waals surface area contributed by atoms with E-state index in [1.165, 1.54) is 29.7 Å². The van der Waals surface area contributed by atoms with Crippen LogP contribution in [0.15, 0.2) is 18.5 Å². The van der Waals surface area contributed by atoms with E-state index in [4.69, 9.17) is 0 Å². The Labute approximate surface area is 111 Å². The van der Waals surface area contributed by atoms with Crippen LogP contribution in [0.2, 0.25) is 0 Å². The minimum absolute atomic E-state index is 0.409. The highest BCUT2D eigenvalue weighted by atomic mass is 32.1. The van der Waals surface area contributed by atoms with Gasteiger partial charge in [0.1, 0.15) is 5.82 Å². The van der Waals surface area contributed by atoms with Crippen molar-refractivity contribution in [2.24, 2.45) is 0 Å². The van der Waals surface area contributed by atoms with Crippen molar-refractivity contribution in [1.82, 2.24) is 9.55 Å². The lowest BCUT2D eigenvalue weighted by Crippen LogP contribution is -2.07. The fraction of sp³-hybridized carbons (Fsp3) is 0.500. The quantitative estimate of drug-likeness (QED) is 0.920. The summed E-state index contributed by atoms with van der Waals surface area (Å²) in [5, 5.41) is 10.3. The molecule has 18 heavy (non-hydrogen) atoms. The van der Waals surface area contributed by atoms with Crippen LogP contribution in [-0.4, -0.2) is 14.7 Å². The molecule has 0 saturated heterocycles. The first-order valence-corrected chi connectivity index (χ1v) is 7.39. The third-order valence-electron chi connectivity index (χ3n) is 3.61. The molecule has 3 rings (SSSR count). The van der Waals surface area contributed by atoms with Gasteiger partial charge >= 0.3 is 0 Å². The van der Waals surface area contributed by atoms with Crippen LogP contribution in [0.25, 0.3) is 0 Å². The van der Waals surface area contributed by atoms with Crippen molar-refractivity contribution in [1.29, 1.82) is 0 Å². The smallest absolute Gasteiger partial charge is 0.111 e. The monoisotopic (exact) mass is 262 g/mol. The first kappa shape index (κ1) is 11.9. The standard InChI is InChI=1S/C14H18N2OS/c1-2-16-7-6-15-14(16)9-11(17)13-8-10-4-3-5-12(10)18-13/h6-8,11,17H,2-5,9H2,1H3.